The lowest BCUT2D eigenvalue weighted by atomic mass is 10.1. The highest BCUT2D eigenvalue weighted by Gasteiger charge is 2.19. The van der Waals surface area contributed by atoms with Gasteiger partial charge in [-0.2, -0.15) is 0 Å². The molecule has 0 aliphatic heterocycles. The molecule has 82 valence electrons. The van der Waals surface area contributed by atoms with Gasteiger partial charge in [-0.1, -0.05) is 6.07 Å². The molecule has 1 aliphatic carbocycles. The molecule has 2 nitrogen and oxygen atoms in total. The predicted octanol–water partition coefficient (Wildman–Crippen LogP) is 2.97. The van der Waals surface area contributed by atoms with Gasteiger partial charge < -0.3 is 9.47 Å². The van der Waals surface area contributed by atoms with Crippen LogP contribution in [0.5, 0.6) is 11.5 Å². The van der Waals surface area contributed by atoms with Crippen LogP contribution in [0.2, 0.25) is 0 Å². The van der Waals surface area contributed by atoms with Crippen molar-refractivity contribution in [3.8, 4) is 11.5 Å². The highest BCUT2D eigenvalue weighted by atomic mass is 16.5. The van der Waals surface area contributed by atoms with Gasteiger partial charge >= 0.3 is 0 Å². The van der Waals surface area contributed by atoms with Crippen LogP contribution in [0.4, 0.5) is 0 Å². The number of ether oxygens (including phenoxy) is 2. The number of fused-ring (bicyclic) bond motifs is 1. The third-order valence-electron chi connectivity index (χ3n) is 2.78. The first kappa shape index (κ1) is 10.3. The zero-order valence-corrected chi connectivity index (χ0v) is 9.51. The molecule has 0 bridgehead atoms. The molecule has 0 radical (unpaired) electrons. The molecule has 0 spiro atoms. The van der Waals surface area contributed by atoms with Crippen molar-refractivity contribution in [3.05, 3.63) is 23.3 Å². The second kappa shape index (κ2) is 4.56. The summed E-state index contributed by atoms with van der Waals surface area (Å²) in [6.45, 7) is 5.42. The van der Waals surface area contributed by atoms with Crippen LogP contribution in [0.1, 0.15) is 31.4 Å². The second-order valence-electron chi connectivity index (χ2n) is 3.75. The molecular weight excluding hydrogens is 188 g/mol. The van der Waals surface area contributed by atoms with Gasteiger partial charge in [0.15, 0.2) is 11.5 Å². The number of rotatable bonds is 4. The molecule has 1 aliphatic rings. The number of aryl methyl sites for hydroxylation is 1. The first-order chi connectivity index (χ1) is 7.36. The predicted molar refractivity (Wildman–Crippen MR) is 60.8 cm³/mol. The fraction of sp³-hybridized carbons (Fsp3) is 0.538. The Labute approximate surface area is 91.2 Å². The molecule has 0 unspecified atom stereocenters. The summed E-state index contributed by atoms with van der Waals surface area (Å²) in [6.07, 6.45) is 3.55. The second-order valence-corrected chi connectivity index (χ2v) is 3.75. The van der Waals surface area contributed by atoms with Gasteiger partial charge in [0, 0.05) is 5.56 Å². The van der Waals surface area contributed by atoms with Crippen molar-refractivity contribution in [3.63, 3.8) is 0 Å². The Balaban J connectivity index is 2.38. The summed E-state index contributed by atoms with van der Waals surface area (Å²) >= 11 is 0. The van der Waals surface area contributed by atoms with E-state index in [0.717, 1.165) is 17.9 Å². The Bertz CT molecular complexity index is 345. The average molecular weight is 206 g/mol. The van der Waals surface area contributed by atoms with Crippen LogP contribution in [0, 0.1) is 0 Å². The van der Waals surface area contributed by atoms with Crippen molar-refractivity contribution in [1.82, 2.24) is 0 Å². The minimum Gasteiger partial charge on any atom is -0.490 e. The van der Waals surface area contributed by atoms with Crippen LogP contribution >= 0.6 is 0 Å². The summed E-state index contributed by atoms with van der Waals surface area (Å²) in [6, 6.07) is 4.22. The summed E-state index contributed by atoms with van der Waals surface area (Å²) in [5.74, 6) is 1.88. The molecule has 0 amide bonds. The molecule has 0 saturated carbocycles. The topological polar surface area (TPSA) is 18.5 Å². The van der Waals surface area contributed by atoms with E-state index in [2.05, 4.69) is 6.07 Å². The van der Waals surface area contributed by atoms with E-state index in [9.17, 15) is 0 Å². The summed E-state index contributed by atoms with van der Waals surface area (Å²) < 4.78 is 11.3. The van der Waals surface area contributed by atoms with Crippen molar-refractivity contribution in [2.45, 2.75) is 33.1 Å². The largest absolute Gasteiger partial charge is 0.490 e. The van der Waals surface area contributed by atoms with E-state index in [0.29, 0.717) is 13.2 Å². The van der Waals surface area contributed by atoms with Crippen LogP contribution in [-0.2, 0) is 12.8 Å². The molecule has 0 heterocycles. The van der Waals surface area contributed by atoms with Crippen LogP contribution in [0.15, 0.2) is 12.1 Å². The lowest BCUT2D eigenvalue weighted by molar-refractivity contribution is 0.285. The lowest BCUT2D eigenvalue weighted by Gasteiger charge is -2.14. The molecule has 0 fully saturated rings. The van der Waals surface area contributed by atoms with E-state index < -0.39 is 0 Å². The average Bonchev–Trinajstić information content (AvgIpc) is 2.70. The molecule has 15 heavy (non-hydrogen) atoms. The van der Waals surface area contributed by atoms with Crippen molar-refractivity contribution in [2.24, 2.45) is 0 Å². The van der Waals surface area contributed by atoms with E-state index in [1.165, 1.54) is 24.0 Å². The molecule has 0 aromatic heterocycles. The summed E-state index contributed by atoms with van der Waals surface area (Å²) in [7, 11) is 0. The lowest BCUT2D eigenvalue weighted by Crippen LogP contribution is -2.01. The maximum absolute atomic E-state index is 5.71. The van der Waals surface area contributed by atoms with Gasteiger partial charge in [-0.15, -0.1) is 0 Å². The smallest absolute Gasteiger partial charge is 0.164 e. The van der Waals surface area contributed by atoms with Gasteiger partial charge in [0.25, 0.3) is 0 Å². The quantitative estimate of drug-likeness (QED) is 0.754. The molecule has 2 rings (SSSR count). The SMILES string of the molecule is CCOc1ccc2c(c1OCC)CCC2. The Morgan fingerprint density at radius 1 is 1.07 bits per heavy atom. The molecule has 0 saturated heterocycles. The molecule has 0 N–H and O–H groups in total. The summed E-state index contributed by atoms with van der Waals surface area (Å²) in [5, 5.41) is 0. The normalized spacial score (nSPS) is 13.7. The van der Waals surface area contributed by atoms with E-state index in [1.54, 1.807) is 0 Å². The number of hydrogen-bond acceptors (Lipinski definition) is 2. The van der Waals surface area contributed by atoms with Crippen LogP contribution in [0.3, 0.4) is 0 Å². The first-order valence-corrected chi connectivity index (χ1v) is 5.77. The van der Waals surface area contributed by atoms with Crippen LogP contribution in [0.25, 0.3) is 0 Å². The molecule has 1 aromatic carbocycles. The fourth-order valence-electron chi connectivity index (χ4n) is 2.18. The van der Waals surface area contributed by atoms with Gasteiger partial charge in [-0.25, -0.2) is 0 Å². The Hall–Kier alpha value is -1.18. The van der Waals surface area contributed by atoms with E-state index in [1.807, 2.05) is 19.9 Å². The maximum atomic E-state index is 5.71. The Kier molecular flexibility index (Phi) is 3.14. The highest BCUT2D eigenvalue weighted by Crippen LogP contribution is 2.38. The van der Waals surface area contributed by atoms with Crippen molar-refractivity contribution >= 4 is 0 Å². The van der Waals surface area contributed by atoms with E-state index in [4.69, 9.17) is 9.47 Å². The van der Waals surface area contributed by atoms with Gasteiger partial charge in [0.05, 0.1) is 13.2 Å². The Morgan fingerprint density at radius 3 is 2.60 bits per heavy atom. The third-order valence-corrected chi connectivity index (χ3v) is 2.78. The number of hydrogen-bond donors (Lipinski definition) is 0. The minimum atomic E-state index is 0.693. The van der Waals surface area contributed by atoms with E-state index >= 15 is 0 Å². The van der Waals surface area contributed by atoms with Crippen molar-refractivity contribution < 1.29 is 9.47 Å². The van der Waals surface area contributed by atoms with Crippen LogP contribution < -0.4 is 9.47 Å². The molecular formula is C13H18O2. The summed E-state index contributed by atoms with van der Waals surface area (Å²) in [5.41, 5.74) is 2.80. The van der Waals surface area contributed by atoms with Crippen molar-refractivity contribution in [1.29, 1.82) is 0 Å². The zero-order chi connectivity index (χ0) is 10.7. The standard InChI is InChI=1S/C13H18O2/c1-3-14-12-9-8-10-6-5-7-11(10)13(12)15-4-2/h8-9H,3-7H2,1-2H3. The minimum absolute atomic E-state index is 0.693. The van der Waals surface area contributed by atoms with Crippen molar-refractivity contribution in [2.75, 3.05) is 13.2 Å². The van der Waals surface area contributed by atoms with Gasteiger partial charge in [0.1, 0.15) is 0 Å². The highest BCUT2D eigenvalue weighted by molar-refractivity contribution is 5.52. The van der Waals surface area contributed by atoms with Gasteiger partial charge in [0.2, 0.25) is 0 Å². The maximum Gasteiger partial charge on any atom is 0.164 e. The van der Waals surface area contributed by atoms with Crippen LogP contribution in [-0.4, -0.2) is 13.2 Å². The number of benzene rings is 1. The Morgan fingerprint density at radius 2 is 1.87 bits per heavy atom. The van der Waals surface area contributed by atoms with E-state index in [-0.39, 0.29) is 0 Å². The molecule has 0 atom stereocenters. The fourth-order valence-corrected chi connectivity index (χ4v) is 2.18. The third kappa shape index (κ3) is 1.94. The zero-order valence-electron chi connectivity index (χ0n) is 9.51. The first-order valence-electron chi connectivity index (χ1n) is 5.77. The monoisotopic (exact) mass is 206 g/mol. The molecule has 1 aromatic rings. The van der Waals surface area contributed by atoms with Gasteiger partial charge in [-0.05, 0) is 44.7 Å². The molecule has 2 heteroatoms. The van der Waals surface area contributed by atoms with Gasteiger partial charge in [-0.3, -0.25) is 0 Å². The summed E-state index contributed by atoms with van der Waals surface area (Å²) in [4.78, 5) is 0.